The zero-order valence-corrected chi connectivity index (χ0v) is 12.7. The smallest absolute Gasteiger partial charge is 0.146 e. The Hall–Kier alpha value is -1.94. The highest BCUT2D eigenvalue weighted by Crippen LogP contribution is 2.30. The molecule has 4 heteroatoms. The normalized spacial score (nSPS) is 12.2. The van der Waals surface area contributed by atoms with Crippen molar-refractivity contribution in [2.45, 2.75) is 33.4 Å². The molecule has 0 saturated heterocycles. The molecule has 0 unspecified atom stereocenters. The van der Waals surface area contributed by atoms with E-state index in [-0.39, 0.29) is 5.82 Å². The number of nitrogens with zero attached hydrogens (tertiary/aromatic N) is 2. The lowest BCUT2D eigenvalue weighted by molar-refractivity contribution is 0.199. The SMILES string of the molecule is CCN(Cc1cccc(C)n1)c1c(F)cccc1[C@@H](C)O. The number of benzene rings is 1. The molecule has 0 aliphatic carbocycles. The highest BCUT2D eigenvalue weighted by Gasteiger charge is 2.18. The average Bonchev–Trinajstić information content (AvgIpc) is 2.45. The Balaban J connectivity index is 2.38. The summed E-state index contributed by atoms with van der Waals surface area (Å²) < 4.78 is 14.3. The van der Waals surface area contributed by atoms with Gasteiger partial charge in [0.05, 0.1) is 24.0 Å². The van der Waals surface area contributed by atoms with Gasteiger partial charge in [-0.05, 0) is 39.0 Å². The van der Waals surface area contributed by atoms with E-state index in [1.807, 2.05) is 36.9 Å². The predicted octanol–water partition coefficient (Wildman–Crippen LogP) is 3.61. The number of aliphatic hydroxyl groups is 1. The fraction of sp³-hybridized carbons (Fsp3) is 0.353. The molecule has 1 atom stereocenters. The Bertz CT molecular complexity index is 613. The molecule has 1 N–H and O–H groups in total. The summed E-state index contributed by atoms with van der Waals surface area (Å²) in [7, 11) is 0. The van der Waals surface area contributed by atoms with Gasteiger partial charge in [-0.3, -0.25) is 4.98 Å². The molecule has 3 nitrogen and oxygen atoms in total. The van der Waals surface area contributed by atoms with E-state index >= 15 is 0 Å². The molecule has 0 spiro atoms. The molecule has 112 valence electrons. The molecular weight excluding hydrogens is 267 g/mol. The first-order valence-electron chi connectivity index (χ1n) is 7.17. The Morgan fingerprint density at radius 1 is 1.24 bits per heavy atom. The first-order chi connectivity index (χ1) is 10.0. The molecule has 2 rings (SSSR count). The largest absolute Gasteiger partial charge is 0.389 e. The molecule has 0 aliphatic heterocycles. The lowest BCUT2D eigenvalue weighted by Gasteiger charge is -2.27. The van der Waals surface area contributed by atoms with Gasteiger partial charge < -0.3 is 10.0 Å². The summed E-state index contributed by atoms with van der Waals surface area (Å²) in [6, 6.07) is 10.6. The van der Waals surface area contributed by atoms with Crippen molar-refractivity contribution in [3.8, 4) is 0 Å². The molecule has 0 fully saturated rings. The molecule has 21 heavy (non-hydrogen) atoms. The summed E-state index contributed by atoms with van der Waals surface area (Å²) in [6.45, 7) is 6.70. The van der Waals surface area contributed by atoms with E-state index in [9.17, 15) is 9.50 Å². The van der Waals surface area contributed by atoms with Gasteiger partial charge in [-0.1, -0.05) is 18.2 Å². The van der Waals surface area contributed by atoms with Crippen LogP contribution in [0.1, 0.15) is 36.9 Å². The van der Waals surface area contributed by atoms with Gasteiger partial charge >= 0.3 is 0 Å². The van der Waals surface area contributed by atoms with E-state index < -0.39 is 6.10 Å². The zero-order chi connectivity index (χ0) is 15.4. The van der Waals surface area contributed by atoms with Gasteiger partial charge in [0.15, 0.2) is 0 Å². The fourth-order valence-electron chi connectivity index (χ4n) is 2.43. The fourth-order valence-corrected chi connectivity index (χ4v) is 2.43. The summed E-state index contributed by atoms with van der Waals surface area (Å²) in [5.74, 6) is -0.317. The Kier molecular flexibility index (Phi) is 4.91. The topological polar surface area (TPSA) is 36.4 Å². The van der Waals surface area contributed by atoms with Crippen LogP contribution in [0.4, 0.5) is 10.1 Å². The van der Waals surface area contributed by atoms with Crippen LogP contribution in [0.15, 0.2) is 36.4 Å². The number of halogens is 1. The number of rotatable bonds is 5. The standard InChI is InChI=1S/C17H21FN2O/c1-4-20(11-14-8-5-7-12(2)19-14)17-15(13(3)21)9-6-10-16(17)18/h5-10,13,21H,4,11H2,1-3H3/t13-/m1/s1. The molecular formula is C17H21FN2O. The number of para-hydroxylation sites is 1. The van der Waals surface area contributed by atoms with Crippen molar-refractivity contribution in [1.29, 1.82) is 0 Å². The molecule has 2 aromatic rings. The molecule has 0 amide bonds. The number of aromatic nitrogens is 1. The molecule has 1 heterocycles. The van der Waals surface area contributed by atoms with Gasteiger partial charge in [0, 0.05) is 17.8 Å². The van der Waals surface area contributed by atoms with Crippen LogP contribution in [0.2, 0.25) is 0 Å². The second kappa shape index (κ2) is 6.68. The molecule has 0 bridgehead atoms. The average molecular weight is 288 g/mol. The molecule has 0 aliphatic rings. The van der Waals surface area contributed by atoms with Crippen molar-refractivity contribution in [1.82, 2.24) is 4.98 Å². The van der Waals surface area contributed by atoms with Crippen molar-refractivity contribution >= 4 is 5.69 Å². The van der Waals surface area contributed by atoms with E-state index in [2.05, 4.69) is 4.98 Å². The van der Waals surface area contributed by atoms with Gasteiger partial charge in [-0.2, -0.15) is 0 Å². The summed E-state index contributed by atoms with van der Waals surface area (Å²) in [6.07, 6.45) is -0.713. The summed E-state index contributed by atoms with van der Waals surface area (Å²) in [5, 5.41) is 9.87. The summed E-state index contributed by atoms with van der Waals surface area (Å²) in [5.41, 5.74) is 2.88. The van der Waals surface area contributed by atoms with Crippen LogP contribution in [0.25, 0.3) is 0 Å². The van der Waals surface area contributed by atoms with Crippen molar-refractivity contribution in [3.05, 3.63) is 59.2 Å². The maximum atomic E-state index is 14.3. The lowest BCUT2D eigenvalue weighted by atomic mass is 10.1. The van der Waals surface area contributed by atoms with E-state index in [4.69, 9.17) is 0 Å². The summed E-state index contributed by atoms with van der Waals surface area (Å²) >= 11 is 0. The minimum Gasteiger partial charge on any atom is -0.389 e. The number of aryl methyl sites for hydroxylation is 1. The first kappa shape index (κ1) is 15.4. The van der Waals surface area contributed by atoms with Gasteiger partial charge in [0.25, 0.3) is 0 Å². The van der Waals surface area contributed by atoms with Crippen LogP contribution < -0.4 is 4.90 Å². The summed E-state index contributed by atoms with van der Waals surface area (Å²) in [4.78, 5) is 6.37. The second-order valence-electron chi connectivity index (χ2n) is 5.14. The van der Waals surface area contributed by atoms with Crippen LogP contribution in [-0.2, 0) is 6.54 Å². The van der Waals surface area contributed by atoms with Crippen LogP contribution in [0.3, 0.4) is 0 Å². The highest BCUT2D eigenvalue weighted by atomic mass is 19.1. The maximum absolute atomic E-state index is 14.3. The second-order valence-corrected chi connectivity index (χ2v) is 5.14. The van der Waals surface area contributed by atoms with E-state index in [0.29, 0.717) is 24.3 Å². The third kappa shape index (κ3) is 3.58. The Morgan fingerprint density at radius 3 is 2.57 bits per heavy atom. The minimum atomic E-state index is -0.713. The van der Waals surface area contributed by atoms with Crippen molar-refractivity contribution in [3.63, 3.8) is 0 Å². The number of anilines is 1. The maximum Gasteiger partial charge on any atom is 0.146 e. The third-order valence-electron chi connectivity index (χ3n) is 3.46. The number of hydrogen-bond donors (Lipinski definition) is 1. The minimum absolute atomic E-state index is 0.317. The third-order valence-corrected chi connectivity index (χ3v) is 3.46. The number of hydrogen-bond acceptors (Lipinski definition) is 3. The van der Waals surface area contributed by atoms with Gasteiger partial charge in [-0.25, -0.2) is 4.39 Å². The van der Waals surface area contributed by atoms with Crippen molar-refractivity contribution in [2.24, 2.45) is 0 Å². The monoisotopic (exact) mass is 288 g/mol. The van der Waals surface area contributed by atoms with Gasteiger partial charge in [0.2, 0.25) is 0 Å². The zero-order valence-electron chi connectivity index (χ0n) is 12.7. The Morgan fingerprint density at radius 2 is 1.95 bits per heavy atom. The highest BCUT2D eigenvalue weighted by molar-refractivity contribution is 5.56. The molecule has 1 aromatic carbocycles. The van der Waals surface area contributed by atoms with Crippen LogP contribution in [0, 0.1) is 12.7 Å². The van der Waals surface area contributed by atoms with E-state index in [1.165, 1.54) is 6.07 Å². The van der Waals surface area contributed by atoms with Gasteiger partial charge in [0.1, 0.15) is 5.82 Å². The van der Waals surface area contributed by atoms with Crippen molar-refractivity contribution in [2.75, 3.05) is 11.4 Å². The van der Waals surface area contributed by atoms with Crippen LogP contribution in [0.5, 0.6) is 0 Å². The number of aliphatic hydroxyl groups excluding tert-OH is 1. The van der Waals surface area contributed by atoms with Gasteiger partial charge in [-0.15, -0.1) is 0 Å². The molecule has 0 radical (unpaired) electrons. The van der Waals surface area contributed by atoms with E-state index in [0.717, 1.165) is 11.4 Å². The predicted molar refractivity (Wildman–Crippen MR) is 82.7 cm³/mol. The van der Waals surface area contributed by atoms with Crippen LogP contribution in [-0.4, -0.2) is 16.6 Å². The quantitative estimate of drug-likeness (QED) is 0.913. The Labute approximate surface area is 125 Å². The first-order valence-corrected chi connectivity index (χ1v) is 7.17. The van der Waals surface area contributed by atoms with E-state index in [1.54, 1.807) is 19.1 Å². The number of pyridine rings is 1. The van der Waals surface area contributed by atoms with Crippen LogP contribution >= 0.6 is 0 Å². The molecule has 1 aromatic heterocycles. The molecule has 0 saturated carbocycles. The lowest BCUT2D eigenvalue weighted by Crippen LogP contribution is -2.25. The van der Waals surface area contributed by atoms with Crippen molar-refractivity contribution < 1.29 is 9.50 Å².